The van der Waals surface area contributed by atoms with E-state index in [0.717, 1.165) is 22.4 Å². The fourth-order valence-corrected chi connectivity index (χ4v) is 2.36. The van der Waals surface area contributed by atoms with E-state index in [4.69, 9.17) is 0 Å². The quantitative estimate of drug-likeness (QED) is 0.830. The lowest BCUT2D eigenvalue weighted by Crippen LogP contribution is -2.28. The molecule has 0 spiro atoms. The lowest BCUT2D eigenvalue weighted by atomic mass is 9.97. The summed E-state index contributed by atoms with van der Waals surface area (Å²) >= 11 is 0. The minimum atomic E-state index is -0.276. The Balaban J connectivity index is 2.28. The standard InChI is InChI=1S/C18H20FN3O/c1-4-21-18(23)22-15-9-10-16(12(2)11-15)17(20-3)13-5-7-14(19)8-6-13/h5-11H,4H2,1-3H3,(H2,21,22,23)/b20-17-. The van der Waals surface area contributed by atoms with Gasteiger partial charge in [-0.25, -0.2) is 9.18 Å². The molecule has 0 saturated heterocycles. The monoisotopic (exact) mass is 313 g/mol. The molecule has 0 heterocycles. The van der Waals surface area contributed by atoms with Gasteiger partial charge in [-0.3, -0.25) is 4.99 Å². The average molecular weight is 313 g/mol. The topological polar surface area (TPSA) is 53.5 Å². The summed E-state index contributed by atoms with van der Waals surface area (Å²) in [6.07, 6.45) is 0. The SMILES string of the molecule is CCNC(=O)Nc1ccc(/C(=N\C)c2ccc(F)cc2)c(C)c1. The highest BCUT2D eigenvalue weighted by atomic mass is 19.1. The molecule has 0 aliphatic rings. The summed E-state index contributed by atoms with van der Waals surface area (Å²) in [6.45, 7) is 4.38. The molecule has 4 nitrogen and oxygen atoms in total. The van der Waals surface area contributed by atoms with Crippen molar-refractivity contribution in [3.05, 3.63) is 65.0 Å². The van der Waals surface area contributed by atoms with Gasteiger partial charge in [-0.1, -0.05) is 6.07 Å². The molecule has 2 aromatic carbocycles. The highest BCUT2D eigenvalue weighted by Crippen LogP contribution is 2.19. The summed E-state index contributed by atoms with van der Waals surface area (Å²) in [5.41, 5.74) is 4.27. The number of amides is 2. The Morgan fingerprint density at radius 1 is 1.17 bits per heavy atom. The minimum absolute atomic E-state index is 0.234. The van der Waals surface area contributed by atoms with Crippen LogP contribution in [0.3, 0.4) is 0 Å². The lowest BCUT2D eigenvalue weighted by molar-refractivity contribution is 0.252. The molecule has 120 valence electrons. The number of nitrogens with zero attached hydrogens (tertiary/aromatic N) is 1. The minimum Gasteiger partial charge on any atom is -0.338 e. The smallest absolute Gasteiger partial charge is 0.319 e. The van der Waals surface area contributed by atoms with E-state index in [1.165, 1.54) is 12.1 Å². The van der Waals surface area contributed by atoms with Gasteiger partial charge in [0.05, 0.1) is 5.71 Å². The van der Waals surface area contributed by atoms with Crippen LogP contribution in [0.2, 0.25) is 0 Å². The molecule has 0 bridgehead atoms. The molecule has 5 heteroatoms. The molecule has 23 heavy (non-hydrogen) atoms. The normalized spacial score (nSPS) is 11.2. The zero-order valence-corrected chi connectivity index (χ0v) is 13.5. The number of benzene rings is 2. The predicted molar refractivity (Wildman–Crippen MR) is 91.8 cm³/mol. The zero-order chi connectivity index (χ0) is 16.8. The number of anilines is 1. The van der Waals surface area contributed by atoms with E-state index < -0.39 is 0 Å². The maximum Gasteiger partial charge on any atom is 0.319 e. The summed E-state index contributed by atoms with van der Waals surface area (Å²) in [4.78, 5) is 15.9. The second kappa shape index (κ2) is 7.54. The molecule has 0 aromatic heterocycles. The van der Waals surface area contributed by atoms with Gasteiger partial charge in [0.15, 0.2) is 0 Å². The summed E-state index contributed by atoms with van der Waals surface area (Å²) < 4.78 is 13.1. The fourth-order valence-electron chi connectivity index (χ4n) is 2.36. The number of urea groups is 1. The molecule has 2 N–H and O–H groups in total. The molecule has 0 saturated carbocycles. The van der Waals surface area contributed by atoms with Gasteiger partial charge in [0.1, 0.15) is 5.82 Å². The Hall–Kier alpha value is -2.69. The zero-order valence-electron chi connectivity index (χ0n) is 13.5. The van der Waals surface area contributed by atoms with E-state index in [9.17, 15) is 9.18 Å². The summed E-state index contributed by atoms with van der Waals surface area (Å²) in [7, 11) is 1.71. The first kappa shape index (κ1) is 16.7. The summed E-state index contributed by atoms with van der Waals surface area (Å²) in [5.74, 6) is -0.276. The van der Waals surface area contributed by atoms with E-state index in [0.29, 0.717) is 12.2 Å². The summed E-state index contributed by atoms with van der Waals surface area (Å²) in [5, 5.41) is 5.46. The number of hydrogen-bond donors (Lipinski definition) is 2. The summed E-state index contributed by atoms with van der Waals surface area (Å²) in [6, 6.07) is 11.6. The van der Waals surface area contributed by atoms with Crippen molar-refractivity contribution in [3.63, 3.8) is 0 Å². The number of hydrogen-bond acceptors (Lipinski definition) is 2. The number of nitrogens with one attached hydrogen (secondary N) is 2. The average Bonchev–Trinajstić information content (AvgIpc) is 2.52. The van der Waals surface area contributed by atoms with Crippen molar-refractivity contribution in [3.8, 4) is 0 Å². The first-order chi connectivity index (χ1) is 11.0. The van der Waals surface area contributed by atoms with Gasteiger partial charge in [-0.05, 0) is 55.8 Å². The third-order valence-corrected chi connectivity index (χ3v) is 3.42. The Morgan fingerprint density at radius 3 is 2.43 bits per heavy atom. The van der Waals surface area contributed by atoms with E-state index in [2.05, 4.69) is 15.6 Å². The molecule has 0 aliphatic carbocycles. The van der Waals surface area contributed by atoms with Gasteiger partial charge < -0.3 is 10.6 Å². The highest BCUT2D eigenvalue weighted by Gasteiger charge is 2.10. The number of halogens is 1. The lowest BCUT2D eigenvalue weighted by Gasteiger charge is -2.12. The first-order valence-electron chi connectivity index (χ1n) is 7.43. The van der Waals surface area contributed by atoms with Crippen LogP contribution in [0.4, 0.5) is 14.9 Å². The molecule has 0 aliphatic heterocycles. The van der Waals surface area contributed by atoms with E-state index >= 15 is 0 Å². The Labute approximate surface area is 135 Å². The maximum absolute atomic E-state index is 13.1. The second-order valence-electron chi connectivity index (χ2n) is 5.09. The molecular formula is C18H20FN3O. The molecule has 0 radical (unpaired) electrons. The molecule has 0 unspecified atom stereocenters. The van der Waals surface area contributed by atoms with Crippen molar-refractivity contribution < 1.29 is 9.18 Å². The van der Waals surface area contributed by atoms with E-state index in [-0.39, 0.29) is 11.8 Å². The van der Waals surface area contributed by atoms with Crippen LogP contribution in [0.5, 0.6) is 0 Å². The van der Waals surface area contributed by atoms with Crippen LogP contribution in [-0.2, 0) is 0 Å². The molecule has 0 atom stereocenters. The van der Waals surface area contributed by atoms with Crippen LogP contribution in [0.1, 0.15) is 23.6 Å². The Bertz CT molecular complexity index is 724. The first-order valence-corrected chi connectivity index (χ1v) is 7.43. The fraction of sp³-hybridized carbons (Fsp3) is 0.222. The van der Waals surface area contributed by atoms with Crippen molar-refractivity contribution in [1.82, 2.24) is 5.32 Å². The largest absolute Gasteiger partial charge is 0.338 e. The van der Waals surface area contributed by atoms with Gasteiger partial charge in [0, 0.05) is 30.4 Å². The number of carbonyl (C=O) groups is 1. The van der Waals surface area contributed by atoms with Crippen molar-refractivity contribution in [1.29, 1.82) is 0 Å². The number of carbonyl (C=O) groups excluding carboxylic acids is 1. The van der Waals surface area contributed by atoms with E-state index in [1.54, 1.807) is 19.2 Å². The molecule has 2 rings (SSSR count). The van der Waals surface area contributed by atoms with Gasteiger partial charge in [0.25, 0.3) is 0 Å². The van der Waals surface area contributed by atoms with Crippen LogP contribution in [0, 0.1) is 12.7 Å². The van der Waals surface area contributed by atoms with Crippen LogP contribution < -0.4 is 10.6 Å². The van der Waals surface area contributed by atoms with Gasteiger partial charge in [-0.15, -0.1) is 0 Å². The molecule has 2 amide bonds. The van der Waals surface area contributed by atoms with Crippen LogP contribution in [0.15, 0.2) is 47.5 Å². The van der Waals surface area contributed by atoms with Crippen molar-refractivity contribution in [2.24, 2.45) is 4.99 Å². The third kappa shape index (κ3) is 4.16. The van der Waals surface area contributed by atoms with Crippen LogP contribution >= 0.6 is 0 Å². The van der Waals surface area contributed by atoms with E-state index in [1.807, 2.05) is 32.0 Å². The number of rotatable bonds is 4. The van der Waals surface area contributed by atoms with Crippen LogP contribution in [-0.4, -0.2) is 25.3 Å². The molecule has 2 aromatic rings. The van der Waals surface area contributed by atoms with Gasteiger partial charge >= 0.3 is 6.03 Å². The van der Waals surface area contributed by atoms with Crippen LogP contribution in [0.25, 0.3) is 0 Å². The van der Waals surface area contributed by atoms with Crippen molar-refractivity contribution >= 4 is 17.4 Å². The molecular weight excluding hydrogens is 293 g/mol. The second-order valence-corrected chi connectivity index (χ2v) is 5.09. The molecule has 0 fully saturated rings. The highest BCUT2D eigenvalue weighted by molar-refractivity contribution is 6.13. The number of aliphatic imine (C=N–C) groups is 1. The third-order valence-electron chi connectivity index (χ3n) is 3.42. The maximum atomic E-state index is 13.1. The Morgan fingerprint density at radius 2 is 1.87 bits per heavy atom. The van der Waals surface area contributed by atoms with Gasteiger partial charge in [0.2, 0.25) is 0 Å². The van der Waals surface area contributed by atoms with Crippen molar-refractivity contribution in [2.75, 3.05) is 18.9 Å². The predicted octanol–water partition coefficient (Wildman–Crippen LogP) is 3.74. The van der Waals surface area contributed by atoms with Gasteiger partial charge in [-0.2, -0.15) is 0 Å². The Kier molecular flexibility index (Phi) is 5.46. The van der Waals surface area contributed by atoms with Crippen molar-refractivity contribution in [2.45, 2.75) is 13.8 Å². The number of aryl methyl sites for hydroxylation is 1.